The number of amides is 2. The zero-order valence-corrected chi connectivity index (χ0v) is 25.4. The van der Waals surface area contributed by atoms with Crippen molar-refractivity contribution >= 4 is 50.7 Å². The zero-order chi connectivity index (χ0) is 29.4. The van der Waals surface area contributed by atoms with E-state index in [1.54, 1.807) is 55.5 Å². The van der Waals surface area contributed by atoms with Crippen LogP contribution in [0, 0.1) is 0 Å². The lowest BCUT2D eigenvalue weighted by Gasteiger charge is -2.34. The molecule has 0 saturated heterocycles. The van der Waals surface area contributed by atoms with E-state index in [-0.39, 0.29) is 23.4 Å². The summed E-state index contributed by atoms with van der Waals surface area (Å²) in [5.74, 6) is -0.910. The number of nitrogens with zero attached hydrogens (tertiary/aromatic N) is 2. The zero-order valence-electron chi connectivity index (χ0n) is 23.1. The summed E-state index contributed by atoms with van der Waals surface area (Å²) in [6.07, 6.45) is 0.849. The summed E-state index contributed by atoms with van der Waals surface area (Å²) in [5, 5.41) is 3.56. The van der Waals surface area contributed by atoms with E-state index in [9.17, 15) is 18.0 Å². The first-order chi connectivity index (χ1) is 19.0. The van der Waals surface area contributed by atoms with Crippen LogP contribution in [-0.4, -0.2) is 43.8 Å². The molecule has 214 valence electrons. The number of anilines is 1. The molecule has 0 aromatic heterocycles. The molecule has 0 heterocycles. The summed E-state index contributed by atoms with van der Waals surface area (Å²) in [7, 11) is -4.14. The largest absolute Gasteiger partial charge is 0.352 e. The number of rotatable bonds is 12. The SMILES string of the molecule is CCc1ccccc1N(CC(=O)N(Cc1c(Cl)cccc1Cl)[C@@H](CC)C(=O)NC(C)C)S(=O)(=O)c1ccccc1. The molecular formula is C30H35Cl2N3O4S. The lowest BCUT2D eigenvalue weighted by Crippen LogP contribution is -2.53. The van der Waals surface area contributed by atoms with Crippen LogP contribution in [0.1, 0.15) is 45.2 Å². The minimum Gasteiger partial charge on any atom is -0.352 e. The van der Waals surface area contributed by atoms with Gasteiger partial charge in [-0.1, -0.05) is 79.5 Å². The van der Waals surface area contributed by atoms with E-state index in [2.05, 4.69) is 5.32 Å². The molecule has 3 rings (SSSR count). The number of hydrogen-bond donors (Lipinski definition) is 1. The smallest absolute Gasteiger partial charge is 0.264 e. The van der Waals surface area contributed by atoms with Crippen molar-refractivity contribution < 1.29 is 18.0 Å². The molecule has 10 heteroatoms. The third-order valence-electron chi connectivity index (χ3n) is 6.46. The lowest BCUT2D eigenvalue weighted by atomic mass is 10.1. The monoisotopic (exact) mass is 603 g/mol. The third kappa shape index (κ3) is 7.36. The highest BCUT2D eigenvalue weighted by atomic mass is 35.5. The fourth-order valence-electron chi connectivity index (χ4n) is 4.44. The van der Waals surface area contributed by atoms with Crippen LogP contribution in [-0.2, 0) is 32.6 Å². The number of benzene rings is 3. The molecule has 0 spiro atoms. The summed E-state index contributed by atoms with van der Waals surface area (Å²) >= 11 is 12.9. The fourth-order valence-corrected chi connectivity index (χ4v) is 6.43. The van der Waals surface area contributed by atoms with Crippen LogP contribution in [0.25, 0.3) is 0 Å². The highest BCUT2D eigenvalue weighted by Gasteiger charge is 2.35. The molecule has 0 saturated carbocycles. The molecule has 40 heavy (non-hydrogen) atoms. The van der Waals surface area contributed by atoms with Crippen molar-refractivity contribution in [1.29, 1.82) is 0 Å². The summed E-state index contributed by atoms with van der Waals surface area (Å²) in [4.78, 5) is 28.9. The fraction of sp³-hybridized carbons (Fsp3) is 0.333. The predicted octanol–water partition coefficient (Wildman–Crippen LogP) is 6.08. The van der Waals surface area contributed by atoms with Crippen LogP contribution in [0.5, 0.6) is 0 Å². The van der Waals surface area contributed by atoms with Gasteiger partial charge in [-0.2, -0.15) is 0 Å². The molecule has 2 amide bonds. The molecule has 1 N–H and O–H groups in total. The molecule has 1 atom stereocenters. The van der Waals surface area contributed by atoms with Gasteiger partial charge >= 0.3 is 0 Å². The normalized spacial score (nSPS) is 12.2. The highest BCUT2D eigenvalue weighted by molar-refractivity contribution is 7.92. The number of carbonyl (C=O) groups is 2. The molecular weight excluding hydrogens is 569 g/mol. The minimum atomic E-state index is -4.14. The van der Waals surface area contributed by atoms with E-state index >= 15 is 0 Å². The Bertz CT molecular complexity index is 1410. The van der Waals surface area contributed by atoms with Crippen molar-refractivity contribution in [2.75, 3.05) is 10.8 Å². The van der Waals surface area contributed by atoms with E-state index in [0.29, 0.717) is 34.1 Å². The Morgan fingerprint density at radius 1 is 0.875 bits per heavy atom. The lowest BCUT2D eigenvalue weighted by molar-refractivity contribution is -0.140. The van der Waals surface area contributed by atoms with E-state index < -0.39 is 28.5 Å². The molecule has 0 radical (unpaired) electrons. The van der Waals surface area contributed by atoms with E-state index in [0.717, 1.165) is 9.87 Å². The summed E-state index contributed by atoms with van der Waals surface area (Å²) in [6, 6.07) is 19.0. The molecule has 0 aliphatic heterocycles. The number of nitrogens with one attached hydrogen (secondary N) is 1. The van der Waals surface area contributed by atoms with Gasteiger partial charge in [0.2, 0.25) is 11.8 Å². The Labute approximate surface area is 247 Å². The first kappa shape index (κ1) is 31.5. The van der Waals surface area contributed by atoms with Crippen molar-refractivity contribution in [3.63, 3.8) is 0 Å². The van der Waals surface area contributed by atoms with Crippen molar-refractivity contribution in [2.24, 2.45) is 0 Å². The molecule has 3 aromatic carbocycles. The Kier molecular flexibility index (Phi) is 11.0. The number of hydrogen-bond acceptors (Lipinski definition) is 4. The van der Waals surface area contributed by atoms with Crippen molar-refractivity contribution in [3.05, 3.63) is 94.0 Å². The Morgan fingerprint density at radius 2 is 1.48 bits per heavy atom. The summed E-state index contributed by atoms with van der Waals surface area (Å²) in [6.45, 7) is 6.78. The van der Waals surface area contributed by atoms with Crippen LogP contribution in [0.15, 0.2) is 77.7 Å². The Morgan fingerprint density at radius 3 is 2.05 bits per heavy atom. The molecule has 7 nitrogen and oxygen atoms in total. The van der Waals surface area contributed by atoms with Gasteiger partial charge in [0.25, 0.3) is 10.0 Å². The number of carbonyl (C=O) groups excluding carboxylic acids is 2. The predicted molar refractivity (Wildman–Crippen MR) is 161 cm³/mol. The van der Waals surface area contributed by atoms with E-state index in [4.69, 9.17) is 23.2 Å². The second-order valence-corrected chi connectivity index (χ2v) is 12.3. The topological polar surface area (TPSA) is 86.8 Å². The average Bonchev–Trinajstić information content (AvgIpc) is 2.93. The summed E-state index contributed by atoms with van der Waals surface area (Å²) in [5.41, 5.74) is 1.64. The molecule has 0 aliphatic carbocycles. The van der Waals surface area contributed by atoms with Crippen LogP contribution < -0.4 is 9.62 Å². The Hall–Kier alpha value is -3.07. The second kappa shape index (κ2) is 14.0. The number of halogens is 2. The molecule has 0 fully saturated rings. The average molecular weight is 605 g/mol. The van der Waals surface area contributed by atoms with Gasteiger partial charge in [-0.3, -0.25) is 13.9 Å². The van der Waals surface area contributed by atoms with Crippen LogP contribution in [0.2, 0.25) is 10.0 Å². The standard InChI is InChI=1S/C30H35Cl2N3O4S/c1-5-22-13-10-11-18-28(22)35(40(38,39)23-14-8-7-9-15-23)20-29(36)34(27(6-2)30(37)33-21(3)4)19-24-25(31)16-12-17-26(24)32/h7-18,21,27H,5-6,19-20H2,1-4H3,(H,33,37)/t27-/m0/s1. The summed E-state index contributed by atoms with van der Waals surface area (Å²) < 4.78 is 29.1. The van der Waals surface area contributed by atoms with Gasteiger partial charge in [-0.05, 0) is 62.6 Å². The van der Waals surface area contributed by atoms with Crippen LogP contribution in [0.3, 0.4) is 0 Å². The van der Waals surface area contributed by atoms with Crippen LogP contribution in [0.4, 0.5) is 5.69 Å². The number of sulfonamides is 1. The van der Waals surface area contributed by atoms with Gasteiger partial charge in [-0.15, -0.1) is 0 Å². The van der Waals surface area contributed by atoms with Gasteiger partial charge in [-0.25, -0.2) is 8.42 Å². The van der Waals surface area contributed by atoms with Gasteiger partial charge < -0.3 is 10.2 Å². The van der Waals surface area contributed by atoms with Crippen molar-refractivity contribution in [3.8, 4) is 0 Å². The third-order valence-corrected chi connectivity index (χ3v) is 8.94. The van der Waals surface area contributed by atoms with Gasteiger partial charge in [0.15, 0.2) is 0 Å². The second-order valence-electron chi connectivity index (χ2n) is 9.62. The minimum absolute atomic E-state index is 0.0546. The molecule has 0 bridgehead atoms. The molecule has 0 unspecified atom stereocenters. The van der Waals surface area contributed by atoms with Gasteiger partial charge in [0.1, 0.15) is 12.6 Å². The quantitative estimate of drug-likeness (QED) is 0.272. The maximum atomic E-state index is 14.2. The molecule has 3 aromatic rings. The Balaban J connectivity index is 2.13. The maximum Gasteiger partial charge on any atom is 0.264 e. The van der Waals surface area contributed by atoms with Gasteiger partial charge in [0.05, 0.1) is 10.6 Å². The highest BCUT2D eigenvalue weighted by Crippen LogP contribution is 2.30. The van der Waals surface area contributed by atoms with Gasteiger partial charge in [0, 0.05) is 28.2 Å². The van der Waals surface area contributed by atoms with Crippen molar-refractivity contribution in [1.82, 2.24) is 10.2 Å². The number of para-hydroxylation sites is 1. The maximum absolute atomic E-state index is 14.2. The molecule has 0 aliphatic rings. The van der Waals surface area contributed by atoms with E-state index in [1.165, 1.54) is 17.0 Å². The first-order valence-corrected chi connectivity index (χ1v) is 15.4. The van der Waals surface area contributed by atoms with Crippen LogP contribution >= 0.6 is 23.2 Å². The first-order valence-electron chi connectivity index (χ1n) is 13.2. The van der Waals surface area contributed by atoms with E-state index in [1.807, 2.05) is 32.9 Å². The van der Waals surface area contributed by atoms with Crippen molar-refractivity contribution in [2.45, 2.75) is 64.1 Å². The number of aryl methyl sites for hydroxylation is 1.